The molecule has 0 atom stereocenters. The Hall–Kier alpha value is -2.37. The summed E-state index contributed by atoms with van der Waals surface area (Å²) in [5.74, 6) is -0.632. The van der Waals surface area contributed by atoms with Crippen LogP contribution < -0.4 is 10.7 Å². The van der Waals surface area contributed by atoms with Crippen molar-refractivity contribution >= 4 is 46.4 Å². The number of benzene rings is 2. The zero-order valence-corrected chi connectivity index (χ0v) is 16.5. The molecule has 5 nitrogen and oxygen atoms in total. The van der Waals surface area contributed by atoms with E-state index < -0.39 is 0 Å². The lowest BCUT2D eigenvalue weighted by Gasteiger charge is -2.08. The predicted molar refractivity (Wildman–Crippen MR) is 110 cm³/mol. The fraction of sp³-hybridized carbons (Fsp3) is 0.250. The Bertz CT molecular complexity index is 823. The Balaban J connectivity index is 1.86. The molecule has 7 heteroatoms. The molecule has 0 fully saturated rings. The molecule has 2 aromatic rings. The van der Waals surface area contributed by atoms with Crippen molar-refractivity contribution in [1.29, 1.82) is 0 Å². The topological polar surface area (TPSA) is 70.6 Å². The molecule has 142 valence electrons. The van der Waals surface area contributed by atoms with Gasteiger partial charge >= 0.3 is 0 Å². The highest BCUT2D eigenvalue weighted by molar-refractivity contribution is 6.36. The van der Waals surface area contributed by atoms with Gasteiger partial charge in [0.1, 0.15) is 0 Å². The number of nitrogens with zero attached hydrogens (tertiary/aromatic N) is 1. The third kappa shape index (κ3) is 7.04. The first-order chi connectivity index (χ1) is 13.0. The molecule has 0 aliphatic rings. The van der Waals surface area contributed by atoms with E-state index in [1.807, 2.05) is 37.3 Å². The lowest BCUT2D eigenvalue weighted by Crippen LogP contribution is -2.22. The number of halogens is 2. The summed E-state index contributed by atoms with van der Waals surface area (Å²) < 4.78 is 0. The van der Waals surface area contributed by atoms with Gasteiger partial charge < -0.3 is 5.32 Å². The van der Waals surface area contributed by atoms with Crippen LogP contribution in [0.5, 0.6) is 0 Å². The molecule has 27 heavy (non-hydrogen) atoms. The lowest BCUT2D eigenvalue weighted by molar-refractivity contribution is -0.124. The molecule has 0 saturated carbocycles. The molecule has 0 bridgehead atoms. The highest BCUT2D eigenvalue weighted by Crippen LogP contribution is 2.25. The minimum Gasteiger partial charge on any atom is -0.325 e. The first kappa shape index (κ1) is 20.9. The molecule has 2 aromatic carbocycles. The van der Waals surface area contributed by atoms with Crippen LogP contribution >= 0.6 is 23.2 Å². The number of amides is 2. The second-order valence-electron chi connectivity index (χ2n) is 5.88. The molecule has 0 saturated heterocycles. The highest BCUT2D eigenvalue weighted by atomic mass is 35.5. The van der Waals surface area contributed by atoms with E-state index >= 15 is 0 Å². The van der Waals surface area contributed by atoms with Gasteiger partial charge in [-0.2, -0.15) is 5.10 Å². The van der Waals surface area contributed by atoms with Crippen LogP contribution in [0.15, 0.2) is 53.6 Å². The number of carbonyl (C=O) groups is 2. The molecule has 0 heterocycles. The summed E-state index contributed by atoms with van der Waals surface area (Å²) in [4.78, 5) is 24.0. The number of anilines is 1. The summed E-state index contributed by atoms with van der Waals surface area (Å²) >= 11 is 11.8. The van der Waals surface area contributed by atoms with E-state index in [4.69, 9.17) is 23.2 Å². The van der Waals surface area contributed by atoms with Gasteiger partial charge in [0.2, 0.25) is 11.8 Å². The molecular formula is C20H21Cl2N3O2. The van der Waals surface area contributed by atoms with Crippen molar-refractivity contribution in [2.75, 3.05) is 5.32 Å². The van der Waals surface area contributed by atoms with Crippen LogP contribution in [0.3, 0.4) is 0 Å². The highest BCUT2D eigenvalue weighted by Gasteiger charge is 2.10. The maximum Gasteiger partial charge on any atom is 0.240 e. The van der Waals surface area contributed by atoms with Crippen LogP contribution in [0.2, 0.25) is 10.0 Å². The van der Waals surface area contributed by atoms with Gasteiger partial charge in [-0.05, 0) is 30.2 Å². The Kier molecular flexibility index (Phi) is 8.30. The normalized spacial score (nSPS) is 11.1. The van der Waals surface area contributed by atoms with Crippen LogP contribution in [0.1, 0.15) is 38.2 Å². The van der Waals surface area contributed by atoms with Crippen molar-refractivity contribution < 1.29 is 9.59 Å². The van der Waals surface area contributed by atoms with Gasteiger partial charge in [-0.15, -0.1) is 0 Å². The number of rotatable bonds is 8. The summed E-state index contributed by atoms with van der Waals surface area (Å²) in [5.41, 5.74) is 4.76. The van der Waals surface area contributed by atoms with E-state index in [2.05, 4.69) is 15.8 Å². The largest absolute Gasteiger partial charge is 0.325 e. The molecule has 0 aliphatic carbocycles. The Morgan fingerprint density at radius 2 is 1.67 bits per heavy atom. The average Bonchev–Trinajstić information content (AvgIpc) is 2.66. The van der Waals surface area contributed by atoms with E-state index in [1.165, 1.54) is 0 Å². The molecule has 0 aliphatic heterocycles. The van der Waals surface area contributed by atoms with Gasteiger partial charge in [-0.3, -0.25) is 9.59 Å². The summed E-state index contributed by atoms with van der Waals surface area (Å²) in [6.45, 7) is 2.05. The number of carbonyl (C=O) groups excluding carboxylic acids is 2. The maximum absolute atomic E-state index is 12.0. The van der Waals surface area contributed by atoms with Crippen molar-refractivity contribution in [1.82, 2.24) is 5.43 Å². The zero-order chi connectivity index (χ0) is 19.6. The Morgan fingerprint density at radius 3 is 2.33 bits per heavy atom. The van der Waals surface area contributed by atoms with Crippen LogP contribution in [0.4, 0.5) is 5.69 Å². The molecule has 0 radical (unpaired) electrons. The molecule has 0 spiro atoms. The van der Waals surface area contributed by atoms with Crippen molar-refractivity contribution in [3.8, 4) is 0 Å². The second-order valence-corrected chi connectivity index (χ2v) is 6.73. The summed E-state index contributed by atoms with van der Waals surface area (Å²) in [7, 11) is 0. The van der Waals surface area contributed by atoms with Crippen molar-refractivity contribution in [2.45, 2.75) is 32.6 Å². The van der Waals surface area contributed by atoms with Gasteiger partial charge in [-0.25, -0.2) is 5.43 Å². The van der Waals surface area contributed by atoms with E-state index in [9.17, 15) is 9.59 Å². The molecular weight excluding hydrogens is 385 g/mol. The summed E-state index contributed by atoms with van der Waals surface area (Å²) in [5, 5.41) is 7.70. The zero-order valence-electron chi connectivity index (χ0n) is 15.0. The Morgan fingerprint density at radius 1 is 0.963 bits per heavy atom. The first-order valence-corrected chi connectivity index (χ1v) is 9.41. The van der Waals surface area contributed by atoms with Crippen LogP contribution in [-0.4, -0.2) is 17.5 Å². The van der Waals surface area contributed by atoms with Gasteiger partial charge in [0.15, 0.2) is 0 Å². The minimum atomic E-state index is -0.322. The van der Waals surface area contributed by atoms with E-state index in [-0.39, 0.29) is 24.7 Å². The molecule has 0 aromatic heterocycles. The van der Waals surface area contributed by atoms with Crippen LogP contribution in [-0.2, 0) is 9.59 Å². The maximum atomic E-state index is 12.0. The molecule has 2 rings (SSSR count). The SMILES string of the molecule is CCC/C(=N\NC(=O)CCC(=O)Nc1ccc(Cl)cc1Cl)c1ccccc1. The monoisotopic (exact) mass is 405 g/mol. The van der Waals surface area contributed by atoms with Gasteiger partial charge in [0, 0.05) is 17.9 Å². The molecule has 0 unspecified atom stereocenters. The predicted octanol–water partition coefficient (Wildman–Crippen LogP) is 5.03. The standard InChI is InChI=1S/C20H21Cl2N3O2/c1-2-6-17(14-7-4-3-5-8-14)24-25-20(27)12-11-19(26)23-18-10-9-15(21)13-16(18)22/h3-5,7-10,13H,2,6,11-12H2,1H3,(H,23,26)(H,25,27)/b24-17+. The average molecular weight is 406 g/mol. The number of hydrazone groups is 1. The van der Waals surface area contributed by atoms with Crippen molar-refractivity contribution in [3.63, 3.8) is 0 Å². The van der Waals surface area contributed by atoms with Crippen molar-refractivity contribution in [2.24, 2.45) is 5.10 Å². The second kappa shape index (κ2) is 10.7. The van der Waals surface area contributed by atoms with Gasteiger partial charge in [-0.1, -0.05) is 66.9 Å². The smallest absolute Gasteiger partial charge is 0.240 e. The van der Waals surface area contributed by atoms with Crippen LogP contribution in [0, 0.1) is 0 Å². The third-order valence-electron chi connectivity index (χ3n) is 3.69. The fourth-order valence-electron chi connectivity index (χ4n) is 2.35. The fourth-order valence-corrected chi connectivity index (χ4v) is 2.80. The third-order valence-corrected chi connectivity index (χ3v) is 4.24. The summed E-state index contributed by atoms with van der Waals surface area (Å²) in [6, 6.07) is 14.5. The first-order valence-electron chi connectivity index (χ1n) is 8.65. The molecule has 2 amide bonds. The van der Waals surface area contributed by atoms with Crippen LogP contribution in [0.25, 0.3) is 0 Å². The van der Waals surface area contributed by atoms with Gasteiger partial charge in [0.05, 0.1) is 16.4 Å². The van der Waals surface area contributed by atoms with E-state index in [0.717, 1.165) is 24.1 Å². The minimum absolute atomic E-state index is 0.0226. The number of hydrogen-bond acceptors (Lipinski definition) is 3. The van der Waals surface area contributed by atoms with Gasteiger partial charge in [0.25, 0.3) is 0 Å². The van der Waals surface area contributed by atoms with E-state index in [0.29, 0.717) is 15.7 Å². The van der Waals surface area contributed by atoms with Crippen molar-refractivity contribution in [3.05, 3.63) is 64.1 Å². The summed E-state index contributed by atoms with van der Waals surface area (Å²) in [6.07, 6.45) is 1.71. The Labute approximate surface area is 168 Å². The number of hydrogen-bond donors (Lipinski definition) is 2. The lowest BCUT2D eigenvalue weighted by atomic mass is 10.1. The van der Waals surface area contributed by atoms with E-state index in [1.54, 1.807) is 18.2 Å². The molecule has 2 N–H and O–H groups in total. The number of nitrogens with one attached hydrogen (secondary N) is 2. The quantitative estimate of drug-likeness (QED) is 0.477.